The maximum absolute atomic E-state index is 12.2. The smallest absolute Gasteiger partial charge is 0.260 e. The summed E-state index contributed by atoms with van der Waals surface area (Å²) in [5.41, 5.74) is 1.22. The first-order valence-corrected chi connectivity index (χ1v) is 7.84. The summed E-state index contributed by atoms with van der Waals surface area (Å²) in [7, 11) is 0. The van der Waals surface area contributed by atoms with Crippen molar-refractivity contribution in [2.45, 2.75) is 51.7 Å². The SMILES string of the molecule is CC(Oc1cccc(C(C)C)c1)C(=O)NC1CCNCC1.Cl. The van der Waals surface area contributed by atoms with Gasteiger partial charge in [-0.3, -0.25) is 4.79 Å². The van der Waals surface area contributed by atoms with Gasteiger partial charge >= 0.3 is 0 Å². The van der Waals surface area contributed by atoms with Crippen LogP contribution in [0.3, 0.4) is 0 Å². The number of nitrogens with one attached hydrogen (secondary N) is 2. The molecule has 124 valence electrons. The van der Waals surface area contributed by atoms with E-state index in [0.717, 1.165) is 31.7 Å². The zero-order valence-electron chi connectivity index (χ0n) is 13.6. The lowest BCUT2D eigenvalue weighted by Gasteiger charge is -2.25. The molecule has 4 nitrogen and oxygen atoms in total. The minimum absolute atomic E-state index is 0. The van der Waals surface area contributed by atoms with Crippen LogP contribution in [-0.2, 0) is 4.79 Å². The van der Waals surface area contributed by atoms with Crippen LogP contribution in [0.4, 0.5) is 0 Å². The minimum atomic E-state index is -0.470. The second-order valence-electron chi connectivity index (χ2n) is 6.02. The standard InChI is InChI=1S/C17H26N2O2.ClH/c1-12(2)14-5-4-6-16(11-14)21-13(3)17(20)19-15-7-9-18-10-8-15;/h4-6,11-13,15,18H,7-10H2,1-3H3,(H,19,20);1H. The van der Waals surface area contributed by atoms with Gasteiger partial charge in [0.05, 0.1) is 0 Å². The highest BCUT2D eigenvalue weighted by molar-refractivity contribution is 5.85. The van der Waals surface area contributed by atoms with Gasteiger partial charge in [-0.1, -0.05) is 26.0 Å². The van der Waals surface area contributed by atoms with Crippen LogP contribution >= 0.6 is 12.4 Å². The van der Waals surface area contributed by atoms with E-state index in [2.05, 4.69) is 30.5 Å². The molecule has 1 aliphatic heterocycles. The molecule has 1 aromatic carbocycles. The lowest BCUT2D eigenvalue weighted by molar-refractivity contribution is -0.128. The summed E-state index contributed by atoms with van der Waals surface area (Å²) < 4.78 is 5.78. The summed E-state index contributed by atoms with van der Waals surface area (Å²) in [5.74, 6) is 1.18. The Kier molecular flexibility index (Phi) is 7.69. The molecule has 1 aromatic rings. The number of carbonyl (C=O) groups excluding carboxylic acids is 1. The molecule has 0 aromatic heterocycles. The quantitative estimate of drug-likeness (QED) is 0.874. The molecule has 5 heteroatoms. The predicted molar refractivity (Wildman–Crippen MR) is 91.9 cm³/mol. The molecule has 2 rings (SSSR count). The fourth-order valence-electron chi connectivity index (χ4n) is 2.49. The molecule has 0 aliphatic carbocycles. The molecule has 0 bridgehead atoms. The fraction of sp³-hybridized carbons (Fsp3) is 0.588. The van der Waals surface area contributed by atoms with Crippen LogP contribution < -0.4 is 15.4 Å². The Hall–Kier alpha value is -1.26. The molecule has 1 fully saturated rings. The molecule has 1 aliphatic rings. The molecule has 0 spiro atoms. The lowest BCUT2D eigenvalue weighted by Crippen LogP contribution is -2.46. The van der Waals surface area contributed by atoms with Crippen molar-refractivity contribution in [3.63, 3.8) is 0 Å². The van der Waals surface area contributed by atoms with E-state index in [1.165, 1.54) is 5.56 Å². The van der Waals surface area contributed by atoms with Gasteiger partial charge in [0.15, 0.2) is 6.10 Å². The number of halogens is 1. The third kappa shape index (κ3) is 5.50. The molecule has 1 amide bonds. The highest BCUT2D eigenvalue weighted by atomic mass is 35.5. The highest BCUT2D eigenvalue weighted by Gasteiger charge is 2.20. The number of piperidine rings is 1. The average molecular weight is 327 g/mol. The van der Waals surface area contributed by atoms with Crippen molar-refractivity contribution in [2.75, 3.05) is 13.1 Å². The molecule has 0 saturated carbocycles. The number of ether oxygens (including phenoxy) is 1. The number of benzene rings is 1. The second kappa shape index (κ2) is 9.01. The fourth-order valence-corrected chi connectivity index (χ4v) is 2.49. The Morgan fingerprint density at radius 2 is 1.95 bits per heavy atom. The first-order chi connectivity index (χ1) is 10.1. The van der Waals surface area contributed by atoms with Crippen LogP contribution in [0.15, 0.2) is 24.3 Å². The maximum Gasteiger partial charge on any atom is 0.260 e. The van der Waals surface area contributed by atoms with Gasteiger partial charge in [0.2, 0.25) is 0 Å². The van der Waals surface area contributed by atoms with E-state index in [9.17, 15) is 4.79 Å². The second-order valence-corrected chi connectivity index (χ2v) is 6.02. The van der Waals surface area contributed by atoms with Gasteiger partial charge in [-0.2, -0.15) is 0 Å². The van der Waals surface area contributed by atoms with Crippen molar-refractivity contribution in [1.29, 1.82) is 0 Å². The van der Waals surface area contributed by atoms with Crippen LogP contribution in [0.25, 0.3) is 0 Å². The van der Waals surface area contributed by atoms with Gasteiger partial charge in [0.1, 0.15) is 5.75 Å². The van der Waals surface area contributed by atoms with Crippen LogP contribution in [0.1, 0.15) is 45.1 Å². The number of hydrogen-bond donors (Lipinski definition) is 2. The molecule has 1 atom stereocenters. The maximum atomic E-state index is 12.2. The van der Waals surface area contributed by atoms with E-state index in [-0.39, 0.29) is 24.4 Å². The molecule has 1 saturated heterocycles. The highest BCUT2D eigenvalue weighted by Crippen LogP contribution is 2.21. The molecular formula is C17H27ClN2O2. The van der Waals surface area contributed by atoms with Gasteiger partial charge in [0, 0.05) is 6.04 Å². The number of carbonyl (C=O) groups is 1. The summed E-state index contributed by atoms with van der Waals surface area (Å²) >= 11 is 0. The Morgan fingerprint density at radius 3 is 2.59 bits per heavy atom. The Balaban J connectivity index is 0.00000242. The molecule has 2 N–H and O–H groups in total. The van der Waals surface area contributed by atoms with E-state index < -0.39 is 6.10 Å². The van der Waals surface area contributed by atoms with Gasteiger partial charge in [-0.05, 0) is 56.5 Å². The Labute approximate surface area is 139 Å². The summed E-state index contributed by atoms with van der Waals surface area (Å²) in [6.07, 6.45) is 1.50. The molecular weight excluding hydrogens is 300 g/mol. The van der Waals surface area contributed by atoms with Crippen LogP contribution in [0, 0.1) is 0 Å². The molecule has 1 unspecified atom stereocenters. The van der Waals surface area contributed by atoms with E-state index in [0.29, 0.717) is 5.92 Å². The van der Waals surface area contributed by atoms with E-state index in [4.69, 9.17) is 4.74 Å². The zero-order valence-corrected chi connectivity index (χ0v) is 14.4. The van der Waals surface area contributed by atoms with Crippen molar-refractivity contribution in [3.05, 3.63) is 29.8 Å². The van der Waals surface area contributed by atoms with E-state index in [1.807, 2.05) is 18.2 Å². The molecule has 1 heterocycles. The first-order valence-electron chi connectivity index (χ1n) is 7.84. The van der Waals surface area contributed by atoms with E-state index in [1.54, 1.807) is 6.92 Å². The minimum Gasteiger partial charge on any atom is -0.481 e. The average Bonchev–Trinajstić information content (AvgIpc) is 2.48. The Bertz CT molecular complexity index is 473. The van der Waals surface area contributed by atoms with Crippen molar-refractivity contribution in [1.82, 2.24) is 10.6 Å². The molecule has 0 radical (unpaired) electrons. The summed E-state index contributed by atoms with van der Waals surface area (Å²) in [4.78, 5) is 12.2. The van der Waals surface area contributed by atoms with Crippen LogP contribution in [-0.4, -0.2) is 31.1 Å². The topological polar surface area (TPSA) is 50.4 Å². The van der Waals surface area contributed by atoms with Crippen molar-refractivity contribution in [2.24, 2.45) is 0 Å². The summed E-state index contributed by atoms with van der Waals surface area (Å²) in [6.45, 7) is 8.03. The summed E-state index contributed by atoms with van der Waals surface area (Å²) in [6, 6.07) is 8.24. The van der Waals surface area contributed by atoms with Crippen molar-refractivity contribution in [3.8, 4) is 5.75 Å². The first kappa shape index (κ1) is 18.8. The zero-order chi connectivity index (χ0) is 15.2. The lowest BCUT2D eigenvalue weighted by atomic mass is 10.0. The van der Waals surface area contributed by atoms with Crippen LogP contribution in [0.2, 0.25) is 0 Å². The predicted octanol–water partition coefficient (Wildman–Crippen LogP) is 2.87. The third-order valence-electron chi connectivity index (χ3n) is 3.89. The molecule has 22 heavy (non-hydrogen) atoms. The summed E-state index contributed by atoms with van der Waals surface area (Å²) in [5, 5.41) is 6.36. The number of rotatable bonds is 5. The van der Waals surface area contributed by atoms with E-state index >= 15 is 0 Å². The van der Waals surface area contributed by atoms with Gasteiger partial charge in [-0.25, -0.2) is 0 Å². The largest absolute Gasteiger partial charge is 0.481 e. The van der Waals surface area contributed by atoms with Crippen LogP contribution in [0.5, 0.6) is 5.75 Å². The normalized spacial score (nSPS) is 16.7. The number of hydrogen-bond acceptors (Lipinski definition) is 3. The third-order valence-corrected chi connectivity index (χ3v) is 3.89. The van der Waals surface area contributed by atoms with Gasteiger partial charge < -0.3 is 15.4 Å². The van der Waals surface area contributed by atoms with Crippen molar-refractivity contribution >= 4 is 18.3 Å². The Morgan fingerprint density at radius 1 is 1.27 bits per heavy atom. The number of amides is 1. The monoisotopic (exact) mass is 326 g/mol. The van der Waals surface area contributed by atoms with Gasteiger partial charge in [0.25, 0.3) is 5.91 Å². The van der Waals surface area contributed by atoms with Gasteiger partial charge in [-0.15, -0.1) is 12.4 Å². The van der Waals surface area contributed by atoms with Crippen molar-refractivity contribution < 1.29 is 9.53 Å².